The van der Waals surface area contributed by atoms with Crippen LogP contribution < -0.4 is 25.0 Å². The van der Waals surface area contributed by atoms with Gasteiger partial charge in [-0.05, 0) is 40.5 Å². The molecular formula is C28H29BrCl2N6O4S. The lowest BCUT2D eigenvalue weighted by atomic mass is 10.2. The van der Waals surface area contributed by atoms with Crippen molar-refractivity contribution in [1.29, 1.82) is 0 Å². The van der Waals surface area contributed by atoms with E-state index in [1.807, 2.05) is 18.2 Å². The summed E-state index contributed by atoms with van der Waals surface area (Å²) in [6, 6.07) is 5.99. The molecule has 0 saturated carbocycles. The number of aromatic nitrogens is 2. The minimum Gasteiger partial charge on any atom is -0.494 e. The van der Waals surface area contributed by atoms with Crippen molar-refractivity contribution in [2.45, 2.75) is 6.92 Å². The Morgan fingerprint density at radius 1 is 1.14 bits per heavy atom. The molecule has 42 heavy (non-hydrogen) atoms. The third-order valence-electron chi connectivity index (χ3n) is 7.13. The highest BCUT2D eigenvalue weighted by Crippen LogP contribution is 2.46. The lowest BCUT2D eigenvalue weighted by Crippen LogP contribution is -2.47. The number of carbonyl (C=O) groups excluding carboxylic acids is 1. The van der Waals surface area contributed by atoms with Crippen LogP contribution in [0.3, 0.4) is 0 Å². The van der Waals surface area contributed by atoms with Gasteiger partial charge in [0.1, 0.15) is 17.1 Å². The van der Waals surface area contributed by atoms with Gasteiger partial charge in [-0.3, -0.25) is 9.69 Å². The number of fused-ring (bicyclic) bond motifs is 1. The molecule has 2 aromatic heterocycles. The molecular weight excluding hydrogens is 667 g/mol. The fourth-order valence-electron chi connectivity index (χ4n) is 4.81. The summed E-state index contributed by atoms with van der Waals surface area (Å²) in [7, 11) is 3.12. The second-order valence-electron chi connectivity index (χ2n) is 9.54. The van der Waals surface area contributed by atoms with Crippen LogP contribution in [0.2, 0.25) is 10.0 Å². The smallest absolute Gasteiger partial charge is 0.258 e. The molecule has 0 aliphatic carbocycles. The van der Waals surface area contributed by atoms with Crippen LogP contribution in [-0.4, -0.2) is 79.4 Å². The zero-order valence-electron chi connectivity index (χ0n) is 23.1. The number of rotatable bonds is 9. The number of benzene rings is 2. The van der Waals surface area contributed by atoms with E-state index in [4.69, 9.17) is 32.7 Å². The van der Waals surface area contributed by atoms with Gasteiger partial charge in [-0.25, -0.2) is 9.97 Å². The van der Waals surface area contributed by atoms with Gasteiger partial charge in [-0.1, -0.05) is 23.2 Å². The minimum absolute atomic E-state index is 0.170. The highest BCUT2D eigenvalue weighted by molar-refractivity contribution is 9.10. The van der Waals surface area contributed by atoms with Crippen LogP contribution in [0, 0.1) is 6.92 Å². The lowest BCUT2D eigenvalue weighted by molar-refractivity contribution is 0.102. The zero-order chi connectivity index (χ0) is 30.0. The van der Waals surface area contributed by atoms with E-state index >= 15 is 0 Å². The number of aliphatic hydroxyl groups is 1. The Balaban J connectivity index is 1.38. The van der Waals surface area contributed by atoms with Gasteiger partial charge in [0.15, 0.2) is 11.6 Å². The van der Waals surface area contributed by atoms with E-state index in [9.17, 15) is 9.90 Å². The molecule has 1 fully saturated rings. The minimum atomic E-state index is -0.417. The van der Waals surface area contributed by atoms with Crippen molar-refractivity contribution in [3.63, 3.8) is 0 Å². The Labute approximate surface area is 265 Å². The third-order valence-corrected chi connectivity index (χ3v) is 9.89. The zero-order valence-corrected chi connectivity index (χ0v) is 27.0. The number of amides is 1. The fraction of sp³-hybridized carbons (Fsp3) is 0.321. The summed E-state index contributed by atoms with van der Waals surface area (Å²) in [6.07, 6.45) is 1.41. The van der Waals surface area contributed by atoms with Gasteiger partial charge in [0.2, 0.25) is 0 Å². The molecule has 2 aromatic carbocycles. The summed E-state index contributed by atoms with van der Waals surface area (Å²) in [5.74, 6) is 1.17. The van der Waals surface area contributed by atoms with Crippen LogP contribution in [0.1, 0.15) is 15.9 Å². The summed E-state index contributed by atoms with van der Waals surface area (Å²) in [6.45, 7) is 6.18. The summed E-state index contributed by atoms with van der Waals surface area (Å²) in [5.41, 5.74) is 3.57. The van der Waals surface area contributed by atoms with Gasteiger partial charge in [0.05, 0.1) is 57.5 Å². The Bertz CT molecular complexity index is 1630. The molecule has 1 saturated heterocycles. The topological polar surface area (TPSA) is 112 Å². The number of nitrogens with zero attached hydrogens (tertiary/aromatic N) is 4. The van der Waals surface area contributed by atoms with Crippen molar-refractivity contribution in [3.8, 4) is 11.5 Å². The second kappa shape index (κ2) is 13.2. The Kier molecular flexibility index (Phi) is 9.60. The van der Waals surface area contributed by atoms with Gasteiger partial charge < -0.3 is 30.1 Å². The molecule has 5 rings (SSSR count). The number of methoxy groups -OCH3 is 2. The Morgan fingerprint density at radius 3 is 2.60 bits per heavy atom. The first-order valence-corrected chi connectivity index (χ1v) is 15.5. The van der Waals surface area contributed by atoms with E-state index < -0.39 is 5.91 Å². The molecule has 0 radical (unpaired) electrons. The van der Waals surface area contributed by atoms with Crippen molar-refractivity contribution >= 4 is 89.5 Å². The van der Waals surface area contributed by atoms with Crippen molar-refractivity contribution in [1.82, 2.24) is 14.9 Å². The number of anilines is 4. The Hall–Kier alpha value is -2.87. The van der Waals surface area contributed by atoms with Crippen LogP contribution in [0.5, 0.6) is 11.5 Å². The highest BCUT2D eigenvalue weighted by Gasteiger charge is 2.24. The van der Waals surface area contributed by atoms with Crippen molar-refractivity contribution in [2.75, 3.05) is 69.1 Å². The second-order valence-corrected chi connectivity index (χ2v) is 12.0. The monoisotopic (exact) mass is 694 g/mol. The van der Waals surface area contributed by atoms with E-state index in [0.29, 0.717) is 54.7 Å². The van der Waals surface area contributed by atoms with Crippen molar-refractivity contribution in [2.24, 2.45) is 0 Å². The third kappa shape index (κ3) is 5.97. The molecule has 0 unspecified atom stereocenters. The summed E-state index contributed by atoms with van der Waals surface area (Å²) < 4.78 is 12.4. The van der Waals surface area contributed by atoms with Crippen LogP contribution in [0.25, 0.3) is 10.2 Å². The maximum atomic E-state index is 13.4. The summed E-state index contributed by atoms with van der Waals surface area (Å²) in [4.78, 5) is 26.8. The van der Waals surface area contributed by atoms with Crippen molar-refractivity contribution < 1.29 is 19.4 Å². The molecule has 4 aromatic rings. The van der Waals surface area contributed by atoms with E-state index in [1.165, 1.54) is 24.8 Å². The van der Waals surface area contributed by atoms with Gasteiger partial charge in [-0.2, -0.15) is 0 Å². The maximum absolute atomic E-state index is 13.4. The predicted molar refractivity (Wildman–Crippen MR) is 173 cm³/mol. The van der Waals surface area contributed by atoms with Crippen LogP contribution in [0.15, 0.2) is 34.4 Å². The number of halogens is 3. The standard InChI is InChI=1S/C28H29BrCl2N6O4S/c1-15-20(29)25(41-3)22(31)24(21(15)30)35-28(39)17-13-42-26-23(17)32-14-33-27(26)34-18-5-4-16(12-19(18)40-2)37-8-6-36(7-9-37)10-11-38/h4-5,12-14,38H,6-11H2,1-3H3,(H,35,39)(H,32,33,34). The van der Waals surface area contributed by atoms with Crippen LogP contribution in [-0.2, 0) is 0 Å². The van der Waals surface area contributed by atoms with E-state index in [-0.39, 0.29) is 17.3 Å². The van der Waals surface area contributed by atoms with Crippen LogP contribution in [0.4, 0.5) is 22.9 Å². The quantitative estimate of drug-likeness (QED) is 0.189. The molecule has 1 amide bonds. The van der Waals surface area contributed by atoms with Gasteiger partial charge in [0.25, 0.3) is 5.91 Å². The first-order valence-electron chi connectivity index (χ1n) is 13.0. The van der Waals surface area contributed by atoms with E-state index in [0.717, 1.165) is 37.6 Å². The number of ether oxygens (including phenoxy) is 2. The number of β-amino-alcohol motifs (C(OH)–C–C–N with tert-alkyl or cyclic N) is 1. The fourth-order valence-corrected chi connectivity index (χ4v) is 7.14. The van der Waals surface area contributed by atoms with Crippen molar-refractivity contribution in [3.05, 3.63) is 55.6 Å². The first kappa shape index (κ1) is 30.6. The molecule has 3 heterocycles. The molecule has 1 aliphatic rings. The average Bonchev–Trinajstić information content (AvgIpc) is 3.45. The number of thiophene rings is 1. The number of aliphatic hydroxyl groups excluding tert-OH is 1. The predicted octanol–water partition coefficient (Wildman–Crippen LogP) is 6.20. The van der Waals surface area contributed by atoms with Gasteiger partial charge >= 0.3 is 0 Å². The summed E-state index contributed by atoms with van der Waals surface area (Å²) in [5, 5.41) is 17.6. The molecule has 0 atom stereocenters. The summed E-state index contributed by atoms with van der Waals surface area (Å²) >= 11 is 17.8. The van der Waals surface area contributed by atoms with E-state index in [1.54, 1.807) is 19.4 Å². The molecule has 0 spiro atoms. The van der Waals surface area contributed by atoms with Gasteiger partial charge in [-0.15, -0.1) is 11.3 Å². The largest absolute Gasteiger partial charge is 0.494 e. The molecule has 222 valence electrons. The van der Waals surface area contributed by atoms with Crippen LogP contribution >= 0.6 is 50.5 Å². The SMILES string of the molecule is COc1cc(N2CCN(CCO)CC2)ccc1Nc1ncnc2c(C(=O)Nc3c(Cl)c(C)c(Br)c(OC)c3Cl)csc12. The average molecular weight is 696 g/mol. The first-order chi connectivity index (χ1) is 20.3. The molecule has 1 aliphatic heterocycles. The Morgan fingerprint density at radius 2 is 1.90 bits per heavy atom. The lowest BCUT2D eigenvalue weighted by Gasteiger charge is -2.36. The number of hydrogen-bond donors (Lipinski definition) is 3. The highest BCUT2D eigenvalue weighted by atomic mass is 79.9. The molecule has 0 bridgehead atoms. The number of nitrogens with one attached hydrogen (secondary N) is 2. The normalized spacial score (nSPS) is 13.8. The molecule has 3 N–H and O–H groups in total. The molecule has 14 heteroatoms. The number of piperazine rings is 1. The van der Waals surface area contributed by atoms with E-state index in [2.05, 4.69) is 46.3 Å². The molecule has 10 nitrogen and oxygen atoms in total. The van der Waals surface area contributed by atoms with Gasteiger partial charge in [0, 0.05) is 49.9 Å². The number of hydrogen-bond acceptors (Lipinski definition) is 10. The maximum Gasteiger partial charge on any atom is 0.258 e. The number of carbonyl (C=O) groups is 1.